The molecule has 1 saturated heterocycles. The van der Waals surface area contributed by atoms with Gasteiger partial charge < -0.3 is 19.1 Å². The maximum absolute atomic E-state index is 12.2. The number of aryl methyl sites for hydroxylation is 1. The molecule has 0 unspecified atom stereocenters. The van der Waals surface area contributed by atoms with Crippen LogP contribution in [0.2, 0.25) is 10.0 Å². The third-order valence-electron chi connectivity index (χ3n) is 10.6. The van der Waals surface area contributed by atoms with Gasteiger partial charge >= 0.3 is 5.97 Å². The summed E-state index contributed by atoms with van der Waals surface area (Å²) in [6, 6.07) is 11.9. The van der Waals surface area contributed by atoms with Crippen LogP contribution < -0.4 is 9.64 Å². The Morgan fingerprint density at radius 2 is 1.36 bits per heavy atom. The van der Waals surface area contributed by atoms with Crippen LogP contribution in [0.5, 0.6) is 5.75 Å². The lowest BCUT2D eigenvalue weighted by Crippen LogP contribution is -2.46. The van der Waals surface area contributed by atoms with Crippen LogP contribution in [0.3, 0.4) is 0 Å². The number of fused-ring (bicyclic) bond motifs is 1. The summed E-state index contributed by atoms with van der Waals surface area (Å²) >= 11 is 12.6. The van der Waals surface area contributed by atoms with E-state index in [1.165, 1.54) is 102 Å². The van der Waals surface area contributed by atoms with Crippen LogP contribution in [0, 0.1) is 0 Å². The van der Waals surface area contributed by atoms with Crippen molar-refractivity contribution in [3.8, 4) is 5.75 Å². The predicted octanol–water partition coefficient (Wildman–Crippen LogP) is 12.5. The molecule has 4 rings (SSSR count). The molecule has 0 N–H and O–H groups in total. The van der Waals surface area contributed by atoms with E-state index >= 15 is 0 Å². The summed E-state index contributed by atoms with van der Waals surface area (Å²) in [5.74, 6) is 1.24. The van der Waals surface area contributed by atoms with Gasteiger partial charge in [0.15, 0.2) is 5.90 Å². The van der Waals surface area contributed by atoms with E-state index < -0.39 is 0 Å². The highest BCUT2D eigenvalue weighted by molar-refractivity contribution is 6.43. The first-order valence-electron chi connectivity index (χ1n) is 21.1. The van der Waals surface area contributed by atoms with Crippen LogP contribution >= 0.6 is 23.2 Å². The molecule has 0 bridgehead atoms. The number of ether oxygens (including phenoxy) is 3. The zero-order chi connectivity index (χ0) is 37.4. The highest BCUT2D eigenvalue weighted by Crippen LogP contribution is 2.33. The molecule has 296 valence electrons. The van der Waals surface area contributed by atoms with Gasteiger partial charge in [0.2, 0.25) is 6.79 Å². The monoisotopic (exact) mass is 771 g/mol. The van der Waals surface area contributed by atoms with Crippen molar-refractivity contribution in [3.05, 3.63) is 52.0 Å². The van der Waals surface area contributed by atoms with Crippen molar-refractivity contribution in [1.82, 2.24) is 4.90 Å². The van der Waals surface area contributed by atoms with Gasteiger partial charge in [0.05, 0.1) is 28.0 Å². The number of aliphatic imine (C=N–C) groups is 1. The number of halogens is 2. The maximum atomic E-state index is 12.2. The molecular weight excluding hydrogens is 705 g/mol. The number of esters is 1. The quantitative estimate of drug-likeness (QED) is 0.0512. The Kier molecular flexibility index (Phi) is 21.5. The second-order valence-electron chi connectivity index (χ2n) is 14.9. The molecular formula is C44H67Cl2N3O4. The fourth-order valence-electron chi connectivity index (χ4n) is 7.29. The molecule has 2 aromatic carbocycles. The summed E-state index contributed by atoms with van der Waals surface area (Å²) < 4.78 is 17.2. The Hall–Kier alpha value is -2.48. The van der Waals surface area contributed by atoms with E-state index in [4.69, 9.17) is 42.4 Å². The number of benzene rings is 2. The van der Waals surface area contributed by atoms with Crippen LogP contribution in [0.15, 0.2) is 41.4 Å². The van der Waals surface area contributed by atoms with Gasteiger partial charge in [-0.3, -0.25) is 9.69 Å². The zero-order valence-electron chi connectivity index (χ0n) is 32.7. The Bertz CT molecular complexity index is 1350. The van der Waals surface area contributed by atoms with E-state index in [1.54, 1.807) is 0 Å². The molecule has 0 amide bonds. The molecule has 0 atom stereocenters. The molecule has 0 saturated carbocycles. The van der Waals surface area contributed by atoms with Gasteiger partial charge in [-0.2, -0.15) is 0 Å². The minimum atomic E-state index is -0.192. The summed E-state index contributed by atoms with van der Waals surface area (Å²) in [6.45, 7) is 7.83. The van der Waals surface area contributed by atoms with Gasteiger partial charge in [0.25, 0.3) is 0 Å². The van der Waals surface area contributed by atoms with Crippen LogP contribution in [0.25, 0.3) is 0 Å². The number of nitrogens with zero attached hydrogens (tertiary/aromatic N) is 3. The fourth-order valence-corrected chi connectivity index (χ4v) is 7.71. The average Bonchev–Trinajstić information content (AvgIpc) is 3.17. The predicted molar refractivity (Wildman–Crippen MR) is 223 cm³/mol. The maximum Gasteiger partial charge on any atom is 0.308 e. The minimum absolute atomic E-state index is 0.0778. The first-order valence-corrected chi connectivity index (χ1v) is 21.8. The molecule has 53 heavy (non-hydrogen) atoms. The minimum Gasteiger partial charge on any atom is -0.494 e. The number of hydrogen-bond acceptors (Lipinski definition) is 7. The van der Waals surface area contributed by atoms with E-state index in [0.29, 0.717) is 35.4 Å². The Morgan fingerprint density at radius 3 is 2.02 bits per heavy atom. The van der Waals surface area contributed by atoms with Crippen molar-refractivity contribution in [2.24, 2.45) is 4.99 Å². The third-order valence-corrected chi connectivity index (χ3v) is 11.4. The number of hydrogen-bond donors (Lipinski definition) is 0. The summed E-state index contributed by atoms with van der Waals surface area (Å²) in [7, 11) is 0. The Labute approximate surface area is 331 Å². The second-order valence-corrected chi connectivity index (χ2v) is 15.7. The number of carbonyl (C=O) groups is 1. The van der Waals surface area contributed by atoms with Crippen molar-refractivity contribution in [3.63, 3.8) is 0 Å². The summed E-state index contributed by atoms with van der Waals surface area (Å²) in [5.41, 5.74) is 3.07. The van der Waals surface area contributed by atoms with Crippen LogP contribution in [-0.2, 0) is 20.7 Å². The zero-order valence-corrected chi connectivity index (χ0v) is 34.2. The molecule has 0 spiro atoms. The van der Waals surface area contributed by atoms with E-state index in [-0.39, 0.29) is 12.8 Å². The Balaban J connectivity index is 0.968. The van der Waals surface area contributed by atoms with Gasteiger partial charge in [-0.1, -0.05) is 145 Å². The van der Waals surface area contributed by atoms with Crippen molar-refractivity contribution < 1.29 is 19.0 Å². The van der Waals surface area contributed by atoms with Crippen molar-refractivity contribution in [2.45, 2.75) is 148 Å². The number of carbonyl (C=O) groups excluding carboxylic acids is 1. The van der Waals surface area contributed by atoms with Crippen LogP contribution in [0.4, 0.5) is 11.4 Å². The molecule has 7 nitrogen and oxygen atoms in total. The molecule has 9 heteroatoms. The fraction of sp³-hybridized carbons (Fsp3) is 0.682. The smallest absolute Gasteiger partial charge is 0.308 e. The molecule has 2 aliphatic rings. The molecule has 2 aromatic rings. The number of unbranched alkanes of at least 4 members (excludes halogenated alkanes) is 17. The lowest BCUT2D eigenvalue weighted by Gasteiger charge is -2.36. The van der Waals surface area contributed by atoms with Gasteiger partial charge in [0.1, 0.15) is 5.75 Å². The van der Waals surface area contributed by atoms with E-state index in [0.717, 1.165) is 82.0 Å². The van der Waals surface area contributed by atoms with Crippen molar-refractivity contribution >= 4 is 46.4 Å². The van der Waals surface area contributed by atoms with Gasteiger partial charge in [-0.05, 0) is 56.0 Å². The van der Waals surface area contributed by atoms with E-state index in [2.05, 4.69) is 22.8 Å². The van der Waals surface area contributed by atoms with Crippen LogP contribution in [-0.4, -0.2) is 62.9 Å². The lowest BCUT2D eigenvalue weighted by atomic mass is 10.0. The SMILES string of the molecule is CCCCCCCCCCCCCCCCCCCC(=O)OCOC1=Nc2cc(OCCCCN3CCN(c4cccc(Cl)c4Cl)CC3)ccc2CC1. The topological polar surface area (TPSA) is 63.6 Å². The summed E-state index contributed by atoms with van der Waals surface area (Å²) in [6.07, 6.45) is 26.6. The lowest BCUT2D eigenvalue weighted by molar-refractivity contribution is -0.151. The molecule has 2 heterocycles. The summed E-state index contributed by atoms with van der Waals surface area (Å²) in [5, 5.41) is 1.25. The molecule has 0 aromatic heterocycles. The highest BCUT2D eigenvalue weighted by atomic mass is 35.5. The first-order chi connectivity index (χ1) is 26.0. The van der Waals surface area contributed by atoms with Gasteiger partial charge in [0, 0.05) is 45.1 Å². The number of anilines is 1. The Morgan fingerprint density at radius 1 is 0.717 bits per heavy atom. The molecule has 2 aliphatic heterocycles. The van der Waals surface area contributed by atoms with Gasteiger partial charge in [-0.15, -0.1) is 0 Å². The average molecular weight is 773 g/mol. The molecule has 0 aliphatic carbocycles. The third kappa shape index (κ3) is 17.2. The number of rotatable bonds is 27. The van der Waals surface area contributed by atoms with Crippen molar-refractivity contribution in [1.29, 1.82) is 0 Å². The summed E-state index contributed by atoms with van der Waals surface area (Å²) in [4.78, 5) is 21.8. The van der Waals surface area contributed by atoms with Gasteiger partial charge in [-0.25, -0.2) is 4.99 Å². The second kappa shape index (κ2) is 26.3. The number of piperazine rings is 1. The first kappa shape index (κ1) is 43.3. The standard InChI is InChI=1S/C44H67Cl2N3O4/c1-2-3-4-5-6-7-8-9-10-11-12-13-14-15-16-17-18-24-43(50)53-36-52-42-28-26-37-25-27-38(35-40(37)47-42)51-34-20-19-29-48-30-32-49(33-31-48)41-23-21-22-39(45)44(41)46/h21-23,25,27,35H,2-20,24,26,28-34,36H2,1H3. The normalized spacial score (nSPS) is 14.5. The van der Waals surface area contributed by atoms with E-state index in [1.807, 2.05) is 30.3 Å². The molecule has 0 radical (unpaired) electrons. The van der Waals surface area contributed by atoms with E-state index in [9.17, 15) is 4.79 Å². The van der Waals surface area contributed by atoms with Crippen LogP contribution in [0.1, 0.15) is 147 Å². The highest BCUT2D eigenvalue weighted by Gasteiger charge is 2.20. The largest absolute Gasteiger partial charge is 0.494 e. The van der Waals surface area contributed by atoms with Crippen molar-refractivity contribution in [2.75, 3.05) is 51.0 Å². The molecule has 1 fully saturated rings.